The second-order valence-electron chi connectivity index (χ2n) is 4.86. The van der Waals surface area contributed by atoms with Gasteiger partial charge in [-0.3, -0.25) is 0 Å². The molecule has 0 amide bonds. The molecule has 0 spiro atoms. The molecule has 0 aliphatic rings. The summed E-state index contributed by atoms with van der Waals surface area (Å²) in [4.78, 5) is 8.40. The third-order valence-corrected chi connectivity index (χ3v) is 2.87. The van der Waals surface area contributed by atoms with E-state index in [0.717, 1.165) is 22.4 Å². The Morgan fingerprint density at radius 3 is 2.16 bits per heavy atom. The van der Waals surface area contributed by atoms with Crippen molar-refractivity contribution in [1.82, 2.24) is 9.97 Å². The first kappa shape index (κ1) is 13.3. The number of aromatic nitrogens is 2. The van der Waals surface area contributed by atoms with Crippen LogP contribution in [-0.2, 0) is 0 Å². The summed E-state index contributed by atoms with van der Waals surface area (Å²) in [6.45, 7) is 10.1. The zero-order valence-electron chi connectivity index (χ0n) is 11.6. The van der Waals surface area contributed by atoms with Crippen LogP contribution in [0.3, 0.4) is 0 Å². The maximum Gasteiger partial charge on any atom is 0.321 e. The number of allylic oxidation sites excluding steroid dienone is 1. The average molecular weight is 254 g/mol. The van der Waals surface area contributed by atoms with Gasteiger partial charge in [-0.05, 0) is 36.1 Å². The summed E-state index contributed by atoms with van der Waals surface area (Å²) in [5, 5.41) is 0. The molecule has 0 aliphatic carbocycles. The van der Waals surface area contributed by atoms with Crippen molar-refractivity contribution in [1.29, 1.82) is 0 Å². The van der Waals surface area contributed by atoms with Crippen molar-refractivity contribution >= 4 is 5.57 Å². The van der Waals surface area contributed by atoms with Crippen molar-refractivity contribution in [3.8, 4) is 11.8 Å². The summed E-state index contributed by atoms with van der Waals surface area (Å²) in [6.07, 6.45) is 3.60. The van der Waals surface area contributed by atoms with E-state index in [1.807, 2.05) is 31.2 Å². The predicted octanol–water partition coefficient (Wildman–Crippen LogP) is 4.43. The van der Waals surface area contributed by atoms with Crippen LogP contribution in [0.25, 0.3) is 5.57 Å². The molecular formula is C16H18N2O. The number of hydrogen-bond donors (Lipinski definition) is 0. The van der Waals surface area contributed by atoms with Crippen LogP contribution >= 0.6 is 0 Å². The lowest BCUT2D eigenvalue weighted by molar-refractivity contribution is 0.440. The van der Waals surface area contributed by atoms with Gasteiger partial charge in [0.1, 0.15) is 5.75 Å². The lowest BCUT2D eigenvalue weighted by Gasteiger charge is -2.07. The normalized spacial score (nSPS) is 10.5. The molecule has 1 heterocycles. The first-order valence-electron chi connectivity index (χ1n) is 6.32. The van der Waals surface area contributed by atoms with Crippen molar-refractivity contribution in [3.05, 3.63) is 54.4 Å². The Kier molecular flexibility index (Phi) is 3.95. The van der Waals surface area contributed by atoms with Gasteiger partial charge in [0.05, 0.1) is 0 Å². The summed E-state index contributed by atoms with van der Waals surface area (Å²) < 4.78 is 5.60. The molecule has 3 nitrogen and oxygen atoms in total. The van der Waals surface area contributed by atoms with E-state index in [4.69, 9.17) is 4.74 Å². The minimum Gasteiger partial charge on any atom is -0.424 e. The SMILES string of the molecule is C=C(C)c1ccc(Oc2ncc(C(C)C)cn2)cc1. The Labute approximate surface area is 114 Å². The molecule has 1 aromatic heterocycles. The van der Waals surface area contributed by atoms with Crippen LogP contribution in [0.4, 0.5) is 0 Å². The Bertz CT molecular complexity index is 556. The highest BCUT2D eigenvalue weighted by atomic mass is 16.5. The maximum absolute atomic E-state index is 5.60. The Hall–Kier alpha value is -2.16. The minimum absolute atomic E-state index is 0.368. The molecule has 0 atom stereocenters. The van der Waals surface area contributed by atoms with E-state index in [-0.39, 0.29) is 0 Å². The highest BCUT2D eigenvalue weighted by Gasteiger charge is 2.03. The summed E-state index contributed by atoms with van der Waals surface area (Å²) >= 11 is 0. The van der Waals surface area contributed by atoms with Crippen LogP contribution in [0.15, 0.2) is 43.2 Å². The smallest absolute Gasteiger partial charge is 0.321 e. The molecule has 0 bridgehead atoms. The van der Waals surface area contributed by atoms with Crippen LogP contribution in [0, 0.1) is 0 Å². The fourth-order valence-corrected chi connectivity index (χ4v) is 1.59. The second-order valence-corrected chi connectivity index (χ2v) is 4.86. The molecule has 19 heavy (non-hydrogen) atoms. The standard InChI is InChI=1S/C16H18N2O/c1-11(2)13-5-7-15(8-6-13)19-16-17-9-14(10-18-16)12(3)4/h5-10,12H,1H2,2-4H3. The molecule has 0 saturated heterocycles. The van der Waals surface area contributed by atoms with Gasteiger partial charge in [0.15, 0.2) is 0 Å². The number of benzene rings is 1. The molecule has 98 valence electrons. The molecule has 3 heteroatoms. The first-order chi connectivity index (χ1) is 9.06. The largest absolute Gasteiger partial charge is 0.424 e. The van der Waals surface area contributed by atoms with Gasteiger partial charge in [0.25, 0.3) is 0 Å². The van der Waals surface area contributed by atoms with E-state index in [2.05, 4.69) is 30.4 Å². The topological polar surface area (TPSA) is 35.0 Å². The Morgan fingerprint density at radius 2 is 1.68 bits per heavy atom. The van der Waals surface area contributed by atoms with Crippen LogP contribution in [0.2, 0.25) is 0 Å². The second kappa shape index (κ2) is 5.65. The van der Waals surface area contributed by atoms with Crippen molar-refractivity contribution in [3.63, 3.8) is 0 Å². The van der Waals surface area contributed by atoms with E-state index in [1.54, 1.807) is 12.4 Å². The fraction of sp³-hybridized carbons (Fsp3) is 0.250. The first-order valence-corrected chi connectivity index (χ1v) is 6.32. The van der Waals surface area contributed by atoms with Gasteiger partial charge in [-0.1, -0.05) is 38.1 Å². The summed E-state index contributed by atoms with van der Waals surface area (Å²) in [5.41, 5.74) is 3.23. The predicted molar refractivity (Wildman–Crippen MR) is 77.3 cm³/mol. The highest BCUT2D eigenvalue weighted by molar-refractivity contribution is 5.61. The molecule has 2 aromatic rings. The van der Waals surface area contributed by atoms with E-state index in [1.165, 1.54) is 0 Å². The molecule has 0 saturated carbocycles. The zero-order chi connectivity index (χ0) is 13.8. The molecule has 0 aliphatic heterocycles. The van der Waals surface area contributed by atoms with Gasteiger partial charge in [-0.2, -0.15) is 0 Å². The molecular weight excluding hydrogens is 236 g/mol. The number of hydrogen-bond acceptors (Lipinski definition) is 3. The van der Waals surface area contributed by atoms with Crippen LogP contribution in [0.5, 0.6) is 11.8 Å². The lowest BCUT2D eigenvalue weighted by atomic mass is 10.1. The van der Waals surface area contributed by atoms with Gasteiger partial charge in [-0.25, -0.2) is 9.97 Å². The van der Waals surface area contributed by atoms with Crippen molar-refractivity contribution in [2.24, 2.45) is 0 Å². The highest BCUT2D eigenvalue weighted by Crippen LogP contribution is 2.21. The van der Waals surface area contributed by atoms with E-state index >= 15 is 0 Å². The van der Waals surface area contributed by atoms with Crippen LogP contribution in [-0.4, -0.2) is 9.97 Å². The van der Waals surface area contributed by atoms with E-state index in [0.29, 0.717) is 11.9 Å². The third-order valence-electron chi connectivity index (χ3n) is 2.87. The summed E-state index contributed by atoms with van der Waals surface area (Å²) in [5.74, 6) is 1.14. The maximum atomic E-state index is 5.60. The molecule has 0 radical (unpaired) electrons. The number of nitrogens with zero attached hydrogens (tertiary/aromatic N) is 2. The average Bonchev–Trinajstić information content (AvgIpc) is 2.40. The van der Waals surface area contributed by atoms with Crippen molar-refractivity contribution in [2.75, 3.05) is 0 Å². The molecule has 2 rings (SSSR count). The molecule has 0 fully saturated rings. The third kappa shape index (κ3) is 3.41. The fourth-order valence-electron chi connectivity index (χ4n) is 1.59. The number of rotatable bonds is 4. The summed E-state index contributed by atoms with van der Waals surface area (Å²) in [7, 11) is 0. The van der Waals surface area contributed by atoms with E-state index < -0.39 is 0 Å². The summed E-state index contributed by atoms with van der Waals surface area (Å²) in [6, 6.07) is 8.10. The lowest BCUT2D eigenvalue weighted by Crippen LogP contribution is -1.95. The number of ether oxygens (including phenoxy) is 1. The van der Waals surface area contributed by atoms with E-state index in [9.17, 15) is 0 Å². The van der Waals surface area contributed by atoms with Crippen molar-refractivity contribution in [2.45, 2.75) is 26.7 Å². The molecule has 0 N–H and O–H groups in total. The zero-order valence-corrected chi connectivity index (χ0v) is 11.6. The Morgan fingerprint density at radius 1 is 1.11 bits per heavy atom. The van der Waals surface area contributed by atoms with Gasteiger partial charge < -0.3 is 4.74 Å². The van der Waals surface area contributed by atoms with Gasteiger partial charge in [0.2, 0.25) is 0 Å². The molecule has 0 unspecified atom stereocenters. The quantitative estimate of drug-likeness (QED) is 0.809. The van der Waals surface area contributed by atoms with Gasteiger partial charge in [0, 0.05) is 12.4 Å². The van der Waals surface area contributed by atoms with Crippen LogP contribution < -0.4 is 4.74 Å². The minimum atomic E-state index is 0.368. The van der Waals surface area contributed by atoms with Gasteiger partial charge in [-0.15, -0.1) is 0 Å². The monoisotopic (exact) mass is 254 g/mol. The van der Waals surface area contributed by atoms with Crippen molar-refractivity contribution < 1.29 is 4.74 Å². The molecule has 1 aromatic carbocycles. The Balaban J connectivity index is 2.10. The van der Waals surface area contributed by atoms with Gasteiger partial charge >= 0.3 is 6.01 Å². The van der Waals surface area contributed by atoms with Crippen LogP contribution in [0.1, 0.15) is 37.8 Å².